The van der Waals surface area contributed by atoms with E-state index in [1.54, 1.807) is 0 Å². The zero-order valence-electron chi connectivity index (χ0n) is 8.57. The minimum absolute atomic E-state index is 0.0555. The molecule has 0 spiro atoms. The standard InChI is InChI=1S/C12H17NO/c1-2-5-11-12(13)10-7-4-3-6-9(10)8-14-11/h3-4,6-7,11-12H,2,5,8,13H2,1H3/t11?,12-/m0/s1. The summed E-state index contributed by atoms with van der Waals surface area (Å²) < 4.78 is 5.73. The Morgan fingerprint density at radius 3 is 3.00 bits per heavy atom. The van der Waals surface area contributed by atoms with Crippen LogP contribution in [-0.4, -0.2) is 6.10 Å². The highest BCUT2D eigenvalue weighted by Gasteiger charge is 2.25. The first-order valence-electron chi connectivity index (χ1n) is 5.28. The van der Waals surface area contributed by atoms with E-state index >= 15 is 0 Å². The van der Waals surface area contributed by atoms with Crippen LogP contribution in [0.2, 0.25) is 0 Å². The summed E-state index contributed by atoms with van der Waals surface area (Å²) in [7, 11) is 0. The van der Waals surface area contributed by atoms with Crippen LogP contribution in [0.15, 0.2) is 24.3 Å². The fourth-order valence-corrected chi connectivity index (χ4v) is 2.04. The molecule has 14 heavy (non-hydrogen) atoms. The van der Waals surface area contributed by atoms with Gasteiger partial charge in [0, 0.05) is 0 Å². The molecule has 2 nitrogen and oxygen atoms in total. The summed E-state index contributed by atoms with van der Waals surface area (Å²) in [5.41, 5.74) is 8.66. The first-order chi connectivity index (χ1) is 6.83. The van der Waals surface area contributed by atoms with Crippen LogP contribution in [0.25, 0.3) is 0 Å². The van der Waals surface area contributed by atoms with Gasteiger partial charge in [-0.3, -0.25) is 0 Å². The Bertz CT molecular complexity index is 311. The normalized spacial score (nSPS) is 25.9. The molecule has 0 saturated heterocycles. The molecule has 0 amide bonds. The Kier molecular flexibility index (Phi) is 2.85. The molecule has 0 aromatic heterocycles. The molecule has 2 N–H and O–H groups in total. The summed E-state index contributed by atoms with van der Waals surface area (Å²) >= 11 is 0. The highest BCUT2D eigenvalue weighted by Crippen LogP contribution is 2.29. The molecule has 0 radical (unpaired) electrons. The van der Waals surface area contributed by atoms with Crippen LogP contribution >= 0.6 is 0 Å². The minimum atomic E-state index is 0.0555. The van der Waals surface area contributed by atoms with Crippen LogP contribution in [0.3, 0.4) is 0 Å². The van der Waals surface area contributed by atoms with E-state index in [0.29, 0.717) is 6.61 Å². The third-order valence-electron chi connectivity index (χ3n) is 2.84. The third-order valence-corrected chi connectivity index (χ3v) is 2.84. The van der Waals surface area contributed by atoms with Crippen LogP contribution in [0.5, 0.6) is 0 Å². The molecule has 2 heteroatoms. The maximum atomic E-state index is 6.15. The van der Waals surface area contributed by atoms with Crippen LogP contribution in [0.1, 0.15) is 36.9 Å². The van der Waals surface area contributed by atoms with Crippen molar-refractivity contribution < 1.29 is 4.74 Å². The van der Waals surface area contributed by atoms with Crippen molar-refractivity contribution in [3.8, 4) is 0 Å². The van der Waals surface area contributed by atoms with Crippen molar-refractivity contribution >= 4 is 0 Å². The van der Waals surface area contributed by atoms with E-state index in [9.17, 15) is 0 Å². The van der Waals surface area contributed by atoms with Gasteiger partial charge in [0.1, 0.15) is 0 Å². The molecule has 0 fully saturated rings. The molecule has 1 heterocycles. The Hall–Kier alpha value is -0.860. The first-order valence-corrected chi connectivity index (χ1v) is 5.28. The van der Waals surface area contributed by atoms with Gasteiger partial charge in [-0.05, 0) is 17.5 Å². The predicted octanol–water partition coefficient (Wildman–Crippen LogP) is 2.39. The number of nitrogens with two attached hydrogens (primary N) is 1. The Morgan fingerprint density at radius 1 is 1.43 bits per heavy atom. The van der Waals surface area contributed by atoms with Gasteiger partial charge in [0.2, 0.25) is 0 Å². The molecule has 1 aliphatic rings. The van der Waals surface area contributed by atoms with Gasteiger partial charge >= 0.3 is 0 Å². The quantitative estimate of drug-likeness (QED) is 0.779. The van der Waals surface area contributed by atoms with E-state index in [1.165, 1.54) is 11.1 Å². The van der Waals surface area contributed by atoms with Crippen molar-refractivity contribution in [3.63, 3.8) is 0 Å². The van der Waals surface area contributed by atoms with Gasteiger partial charge in [-0.15, -0.1) is 0 Å². The van der Waals surface area contributed by atoms with Crippen LogP contribution in [0.4, 0.5) is 0 Å². The van der Waals surface area contributed by atoms with Crippen molar-refractivity contribution in [2.75, 3.05) is 0 Å². The molecule has 0 aliphatic carbocycles. The van der Waals surface area contributed by atoms with Crippen molar-refractivity contribution in [3.05, 3.63) is 35.4 Å². The SMILES string of the molecule is CCCC1OCc2ccccc2[C@@H]1N. The minimum Gasteiger partial charge on any atom is -0.372 e. The van der Waals surface area contributed by atoms with E-state index < -0.39 is 0 Å². The van der Waals surface area contributed by atoms with E-state index in [2.05, 4.69) is 19.1 Å². The summed E-state index contributed by atoms with van der Waals surface area (Å²) in [6.07, 6.45) is 2.38. The molecule has 1 aromatic carbocycles. The number of ether oxygens (including phenoxy) is 1. The molecule has 1 unspecified atom stereocenters. The van der Waals surface area contributed by atoms with E-state index in [0.717, 1.165) is 12.8 Å². The summed E-state index contributed by atoms with van der Waals surface area (Å²) in [6, 6.07) is 8.35. The van der Waals surface area contributed by atoms with Crippen LogP contribution in [0, 0.1) is 0 Å². The molecule has 2 atom stereocenters. The van der Waals surface area contributed by atoms with Gasteiger partial charge in [0.05, 0.1) is 18.8 Å². The summed E-state index contributed by atoms with van der Waals surface area (Å²) in [5.74, 6) is 0. The predicted molar refractivity (Wildman–Crippen MR) is 56.9 cm³/mol. The topological polar surface area (TPSA) is 35.2 Å². The average molecular weight is 191 g/mol. The van der Waals surface area contributed by atoms with Crippen molar-refractivity contribution in [1.29, 1.82) is 0 Å². The summed E-state index contributed by atoms with van der Waals surface area (Å²) in [6.45, 7) is 2.88. The molecule has 1 aliphatic heterocycles. The van der Waals surface area contributed by atoms with Crippen molar-refractivity contribution in [2.24, 2.45) is 5.73 Å². The van der Waals surface area contributed by atoms with Crippen molar-refractivity contribution in [2.45, 2.75) is 38.5 Å². The lowest BCUT2D eigenvalue weighted by Crippen LogP contribution is -2.33. The maximum absolute atomic E-state index is 6.15. The lowest BCUT2D eigenvalue weighted by atomic mass is 9.92. The Morgan fingerprint density at radius 2 is 2.21 bits per heavy atom. The van der Waals surface area contributed by atoms with Crippen LogP contribution in [-0.2, 0) is 11.3 Å². The molecule has 0 bridgehead atoms. The maximum Gasteiger partial charge on any atom is 0.0772 e. The van der Waals surface area contributed by atoms with Gasteiger partial charge in [-0.2, -0.15) is 0 Å². The van der Waals surface area contributed by atoms with Gasteiger partial charge in [0.25, 0.3) is 0 Å². The second-order valence-corrected chi connectivity index (χ2v) is 3.86. The second kappa shape index (κ2) is 4.11. The lowest BCUT2D eigenvalue weighted by Gasteiger charge is -2.31. The average Bonchev–Trinajstić information content (AvgIpc) is 2.23. The Labute approximate surface area is 85.1 Å². The molecule has 1 aromatic rings. The van der Waals surface area contributed by atoms with Gasteiger partial charge in [0.15, 0.2) is 0 Å². The van der Waals surface area contributed by atoms with E-state index in [-0.39, 0.29) is 12.1 Å². The smallest absolute Gasteiger partial charge is 0.0772 e. The second-order valence-electron chi connectivity index (χ2n) is 3.86. The first kappa shape index (κ1) is 9.69. The van der Waals surface area contributed by atoms with Crippen LogP contribution < -0.4 is 5.73 Å². The molecule has 0 saturated carbocycles. The number of fused-ring (bicyclic) bond motifs is 1. The largest absolute Gasteiger partial charge is 0.372 e. The number of rotatable bonds is 2. The number of hydrogen-bond acceptors (Lipinski definition) is 2. The van der Waals surface area contributed by atoms with Gasteiger partial charge in [-0.25, -0.2) is 0 Å². The fourth-order valence-electron chi connectivity index (χ4n) is 2.04. The zero-order chi connectivity index (χ0) is 9.97. The summed E-state index contributed by atoms with van der Waals surface area (Å²) in [5, 5.41) is 0. The highest BCUT2D eigenvalue weighted by molar-refractivity contribution is 5.31. The fraction of sp³-hybridized carbons (Fsp3) is 0.500. The van der Waals surface area contributed by atoms with Crippen molar-refractivity contribution in [1.82, 2.24) is 0 Å². The summed E-state index contributed by atoms with van der Waals surface area (Å²) in [4.78, 5) is 0. The van der Waals surface area contributed by atoms with Gasteiger partial charge in [-0.1, -0.05) is 37.6 Å². The number of benzene rings is 1. The van der Waals surface area contributed by atoms with E-state index in [4.69, 9.17) is 10.5 Å². The third kappa shape index (κ3) is 1.68. The molecule has 2 rings (SSSR count). The van der Waals surface area contributed by atoms with E-state index in [1.807, 2.05) is 12.1 Å². The number of hydrogen-bond donors (Lipinski definition) is 1. The lowest BCUT2D eigenvalue weighted by molar-refractivity contribution is 0.00338. The monoisotopic (exact) mass is 191 g/mol. The molecular weight excluding hydrogens is 174 g/mol. The van der Waals surface area contributed by atoms with Gasteiger partial charge < -0.3 is 10.5 Å². The molecular formula is C12H17NO. The molecule has 76 valence electrons. The Balaban J connectivity index is 2.22. The highest BCUT2D eigenvalue weighted by atomic mass is 16.5. The zero-order valence-corrected chi connectivity index (χ0v) is 8.57.